The molecule has 3 rings (SSSR count). The second-order valence-electron chi connectivity index (χ2n) is 5.82. The molecule has 1 aliphatic carbocycles. The number of Topliss-reactive ketones (excluding diaryl/α,β-unsaturated/α-hetero) is 1. The number of ketones is 1. The summed E-state index contributed by atoms with van der Waals surface area (Å²) in [5.74, 6) is 0.228. The summed E-state index contributed by atoms with van der Waals surface area (Å²) in [6, 6.07) is 12.4. The van der Waals surface area contributed by atoms with Crippen molar-refractivity contribution in [3.63, 3.8) is 0 Å². The largest absolute Gasteiger partial charge is 0.294 e. The van der Waals surface area contributed by atoms with Gasteiger partial charge in [0, 0.05) is 12.0 Å². The maximum Gasteiger partial charge on any atom is 0.163 e. The number of allylic oxidation sites excluding steroid dienone is 4. The van der Waals surface area contributed by atoms with Crippen molar-refractivity contribution in [3.05, 3.63) is 64.7 Å². The Morgan fingerprint density at radius 2 is 1.86 bits per heavy atom. The third-order valence-electron chi connectivity index (χ3n) is 4.25. The quantitative estimate of drug-likeness (QED) is 0.671. The van der Waals surface area contributed by atoms with Gasteiger partial charge >= 0.3 is 0 Å². The minimum Gasteiger partial charge on any atom is -0.294 e. The molecule has 2 aromatic carbocycles. The van der Waals surface area contributed by atoms with E-state index in [9.17, 15) is 4.79 Å². The summed E-state index contributed by atoms with van der Waals surface area (Å²) in [7, 11) is 0. The van der Waals surface area contributed by atoms with Crippen LogP contribution in [0, 0.1) is 0 Å². The number of hydrogen-bond donors (Lipinski definition) is 0. The highest BCUT2D eigenvalue weighted by atomic mass is 16.1. The van der Waals surface area contributed by atoms with E-state index in [1.807, 2.05) is 19.1 Å². The lowest BCUT2D eigenvalue weighted by Gasteiger charge is -2.14. The maximum atomic E-state index is 12.6. The Labute approximate surface area is 126 Å². The minimum absolute atomic E-state index is 0.228. The average molecular weight is 276 g/mol. The Kier molecular flexibility index (Phi) is 3.50. The van der Waals surface area contributed by atoms with Crippen LogP contribution in [0.5, 0.6) is 0 Å². The van der Waals surface area contributed by atoms with Crippen molar-refractivity contribution in [1.29, 1.82) is 0 Å². The van der Waals surface area contributed by atoms with Crippen molar-refractivity contribution in [2.24, 2.45) is 0 Å². The first-order valence-corrected chi connectivity index (χ1v) is 7.54. The highest BCUT2D eigenvalue weighted by Gasteiger charge is 2.20. The molecule has 0 heterocycles. The second kappa shape index (κ2) is 5.33. The van der Waals surface area contributed by atoms with Gasteiger partial charge in [0.05, 0.1) is 0 Å². The molecule has 0 bridgehead atoms. The smallest absolute Gasteiger partial charge is 0.163 e. The van der Waals surface area contributed by atoms with E-state index in [2.05, 4.69) is 44.2 Å². The highest BCUT2D eigenvalue weighted by Crippen LogP contribution is 2.37. The summed E-state index contributed by atoms with van der Waals surface area (Å²) in [6.45, 7) is 6.23. The molecular weight excluding hydrogens is 256 g/mol. The van der Waals surface area contributed by atoms with Gasteiger partial charge in [0.2, 0.25) is 0 Å². The van der Waals surface area contributed by atoms with Gasteiger partial charge in [-0.15, -0.1) is 0 Å². The van der Waals surface area contributed by atoms with E-state index in [0.29, 0.717) is 6.42 Å². The molecule has 1 heteroatoms. The van der Waals surface area contributed by atoms with Crippen LogP contribution in [0.15, 0.2) is 53.6 Å². The number of carbonyl (C=O) groups is 1. The zero-order valence-electron chi connectivity index (χ0n) is 12.9. The van der Waals surface area contributed by atoms with Crippen LogP contribution in [0.3, 0.4) is 0 Å². The molecule has 2 aromatic rings. The molecule has 106 valence electrons. The predicted octanol–water partition coefficient (Wildman–Crippen LogP) is 5.56. The SMILES string of the molecule is CCC(=O)c1c(C2=C(C)C=C(C)C2)ccc2ccccc12. The maximum absolute atomic E-state index is 12.6. The third-order valence-corrected chi connectivity index (χ3v) is 4.25. The van der Waals surface area contributed by atoms with Crippen LogP contribution in [-0.2, 0) is 0 Å². The van der Waals surface area contributed by atoms with E-state index in [4.69, 9.17) is 0 Å². The fraction of sp³-hybridized carbons (Fsp3) is 0.250. The lowest BCUT2D eigenvalue weighted by Crippen LogP contribution is -2.03. The Hall–Kier alpha value is -2.15. The van der Waals surface area contributed by atoms with Gasteiger partial charge < -0.3 is 0 Å². The standard InChI is InChI=1S/C20H20O/c1-4-19(21)20-16-8-6-5-7-15(16)9-10-17(20)18-12-13(2)11-14(18)3/h5-11H,4,12H2,1-3H3. The van der Waals surface area contributed by atoms with Crippen LogP contribution >= 0.6 is 0 Å². The fourth-order valence-corrected chi connectivity index (χ4v) is 3.23. The summed E-state index contributed by atoms with van der Waals surface area (Å²) >= 11 is 0. The molecule has 0 aliphatic heterocycles. The first kappa shape index (κ1) is 13.8. The third kappa shape index (κ3) is 2.33. The zero-order valence-corrected chi connectivity index (χ0v) is 12.9. The van der Waals surface area contributed by atoms with E-state index < -0.39 is 0 Å². The summed E-state index contributed by atoms with van der Waals surface area (Å²) in [5.41, 5.74) is 5.97. The molecule has 21 heavy (non-hydrogen) atoms. The summed E-state index contributed by atoms with van der Waals surface area (Å²) < 4.78 is 0. The lowest BCUT2D eigenvalue weighted by atomic mass is 9.89. The molecule has 0 amide bonds. The van der Waals surface area contributed by atoms with E-state index >= 15 is 0 Å². The summed E-state index contributed by atoms with van der Waals surface area (Å²) in [6.07, 6.45) is 3.72. The molecule has 0 fully saturated rings. The van der Waals surface area contributed by atoms with Crippen LogP contribution < -0.4 is 0 Å². The fourth-order valence-electron chi connectivity index (χ4n) is 3.23. The minimum atomic E-state index is 0.228. The molecular formula is C20H20O. The number of fused-ring (bicyclic) bond motifs is 1. The van der Waals surface area contributed by atoms with Gasteiger partial charge in [-0.3, -0.25) is 4.79 Å². The number of carbonyl (C=O) groups excluding carboxylic acids is 1. The highest BCUT2D eigenvalue weighted by molar-refractivity contribution is 6.12. The first-order chi connectivity index (χ1) is 10.1. The predicted molar refractivity (Wildman–Crippen MR) is 89.5 cm³/mol. The van der Waals surface area contributed by atoms with Crippen LogP contribution in [-0.4, -0.2) is 5.78 Å². The Morgan fingerprint density at radius 3 is 2.52 bits per heavy atom. The Morgan fingerprint density at radius 1 is 1.10 bits per heavy atom. The summed E-state index contributed by atoms with van der Waals surface area (Å²) in [4.78, 5) is 12.6. The topological polar surface area (TPSA) is 17.1 Å². The average Bonchev–Trinajstić information content (AvgIpc) is 2.83. The lowest BCUT2D eigenvalue weighted by molar-refractivity contribution is 0.0989. The molecule has 1 aliphatic rings. The molecule has 0 spiro atoms. The molecule has 0 aromatic heterocycles. The van der Waals surface area contributed by atoms with Gasteiger partial charge in [0.25, 0.3) is 0 Å². The van der Waals surface area contributed by atoms with Crippen molar-refractivity contribution in [3.8, 4) is 0 Å². The van der Waals surface area contributed by atoms with E-state index in [-0.39, 0.29) is 5.78 Å². The molecule has 0 atom stereocenters. The van der Waals surface area contributed by atoms with Crippen LogP contribution in [0.25, 0.3) is 16.3 Å². The van der Waals surface area contributed by atoms with Crippen molar-refractivity contribution < 1.29 is 4.79 Å². The molecule has 0 radical (unpaired) electrons. The van der Waals surface area contributed by atoms with Gasteiger partial charge in [-0.2, -0.15) is 0 Å². The van der Waals surface area contributed by atoms with Crippen molar-refractivity contribution >= 4 is 22.1 Å². The van der Waals surface area contributed by atoms with Crippen molar-refractivity contribution in [2.75, 3.05) is 0 Å². The number of benzene rings is 2. The van der Waals surface area contributed by atoms with Crippen LogP contribution in [0.1, 0.15) is 49.5 Å². The monoisotopic (exact) mass is 276 g/mol. The molecule has 0 saturated carbocycles. The van der Waals surface area contributed by atoms with Gasteiger partial charge in [0.1, 0.15) is 0 Å². The van der Waals surface area contributed by atoms with Gasteiger partial charge in [-0.25, -0.2) is 0 Å². The molecule has 0 saturated heterocycles. The van der Waals surface area contributed by atoms with Gasteiger partial charge in [-0.05, 0) is 47.8 Å². The summed E-state index contributed by atoms with van der Waals surface area (Å²) in [5, 5.41) is 2.21. The van der Waals surface area contributed by atoms with Crippen LogP contribution in [0.4, 0.5) is 0 Å². The van der Waals surface area contributed by atoms with Gasteiger partial charge in [-0.1, -0.05) is 55.0 Å². The van der Waals surface area contributed by atoms with E-state index in [1.54, 1.807) is 0 Å². The zero-order chi connectivity index (χ0) is 15.0. The first-order valence-electron chi connectivity index (χ1n) is 7.54. The van der Waals surface area contributed by atoms with Crippen molar-refractivity contribution in [2.45, 2.75) is 33.6 Å². The Bertz CT molecular complexity index is 791. The molecule has 0 unspecified atom stereocenters. The van der Waals surface area contributed by atoms with E-state index in [1.165, 1.54) is 16.7 Å². The van der Waals surface area contributed by atoms with Gasteiger partial charge in [0.15, 0.2) is 5.78 Å². The van der Waals surface area contributed by atoms with Crippen molar-refractivity contribution in [1.82, 2.24) is 0 Å². The molecule has 0 N–H and O–H groups in total. The number of hydrogen-bond acceptors (Lipinski definition) is 1. The normalized spacial score (nSPS) is 14.7. The van der Waals surface area contributed by atoms with Crippen LogP contribution in [0.2, 0.25) is 0 Å². The molecule has 1 nitrogen and oxygen atoms in total. The van der Waals surface area contributed by atoms with E-state index in [0.717, 1.165) is 28.3 Å². The number of rotatable bonds is 3. The Balaban J connectivity index is 2.29. The second-order valence-corrected chi connectivity index (χ2v) is 5.82.